The zero-order valence-electron chi connectivity index (χ0n) is 15.9. The molecule has 7 heteroatoms. The summed E-state index contributed by atoms with van der Waals surface area (Å²) in [7, 11) is 1.60. The molecule has 3 aliphatic rings. The van der Waals surface area contributed by atoms with Crippen molar-refractivity contribution in [3.63, 3.8) is 0 Å². The van der Waals surface area contributed by atoms with Gasteiger partial charge in [0.25, 0.3) is 0 Å². The fraction of sp³-hybridized carbons (Fsp3) is 0.650. The Kier molecular flexibility index (Phi) is 5.41. The van der Waals surface area contributed by atoms with Crippen molar-refractivity contribution in [2.24, 2.45) is 0 Å². The smallest absolute Gasteiger partial charge is 0.237 e. The summed E-state index contributed by atoms with van der Waals surface area (Å²) in [6.07, 6.45) is 5.17. The normalized spacial score (nSPS) is 24.1. The number of hydrogen-bond donors (Lipinski definition) is 1. The maximum atomic E-state index is 12.9. The Bertz CT molecular complexity index is 689. The van der Waals surface area contributed by atoms with Gasteiger partial charge in [0.2, 0.25) is 18.4 Å². The molecule has 0 bridgehead atoms. The first-order chi connectivity index (χ1) is 13.1. The van der Waals surface area contributed by atoms with Crippen LogP contribution in [0.3, 0.4) is 0 Å². The van der Waals surface area contributed by atoms with Crippen LogP contribution in [0.4, 0.5) is 0 Å². The van der Waals surface area contributed by atoms with Gasteiger partial charge in [-0.1, -0.05) is 19.3 Å². The molecule has 1 unspecified atom stereocenters. The van der Waals surface area contributed by atoms with Crippen molar-refractivity contribution < 1.29 is 24.1 Å². The van der Waals surface area contributed by atoms with Crippen LogP contribution in [-0.2, 0) is 11.3 Å². The third-order valence-electron chi connectivity index (χ3n) is 5.70. The first kappa shape index (κ1) is 18.4. The molecule has 1 atom stereocenters. The molecule has 2 heterocycles. The van der Waals surface area contributed by atoms with Crippen LogP contribution in [0.2, 0.25) is 0 Å². The van der Waals surface area contributed by atoms with E-state index in [1.54, 1.807) is 7.11 Å². The molecule has 1 aromatic rings. The molecule has 27 heavy (non-hydrogen) atoms. The number of fused-ring (bicyclic) bond motifs is 1. The van der Waals surface area contributed by atoms with E-state index in [4.69, 9.17) is 14.2 Å². The molecule has 0 spiro atoms. The van der Waals surface area contributed by atoms with Crippen molar-refractivity contribution in [1.29, 1.82) is 0 Å². The molecule has 4 rings (SSSR count). The van der Waals surface area contributed by atoms with Crippen LogP contribution in [0.15, 0.2) is 12.1 Å². The quantitative estimate of drug-likeness (QED) is 0.864. The van der Waals surface area contributed by atoms with Gasteiger partial charge >= 0.3 is 0 Å². The average Bonchev–Trinajstić information content (AvgIpc) is 3.09. The fourth-order valence-electron chi connectivity index (χ4n) is 4.43. The molecule has 148 valence electrons. The summed E-state index contributed by atoms with van der Waals surface area (Å²) in [6, 6.07) is 4.12. The van der Waals surface area contributed by atoms with Gasteiger partial charge in [-0.3, -0.25) is 9.69 Å². The summed E-state index contributed by atoms with van der Waals surface area (Å²) < 4.78 is 16.3. The Labute approximate surface area is 159 Å². The van der Waals surface area contributed by atoms with Crippen LogP contribution in [0.25, 0.3) is 0 Å². The standard InChI is InChI=1S/C20H28N2O5/c1-25-17-7-14(8-18-20(17)27-13-26-18)9-21-10-16(23)11-22(19(24)12-21)15-5-3-2-4-6-15/h7-8,15-16,23H,2-6,9-13H2,1H3. The molecule has 1 saturated carbocycles. The molecule has 2 fully saturated rings. The van der Waals surface area contributed by atoms with Crippen LogP contribution in [0, 0.1) is 0 Å². The van der Waals surface area contributed by atoms with Crippen molar-refractivity contribution in [3.8, 4) is 17.2 Å². The van der Waals surface area contributed by atoms with Crippen molar-refractivity contribution >= 4 is 5.91 Å². The van der Waals surface area contributed by atoms with E-state index in [1.165, 1.54) is 19.3 Å². The largest absolute Gasteiger partial charge is 0.493 e. The second-order valence-electron chi connectivity index (χ2n) is 7.69. The highest BCUT2D eigenvalue weighted by molar-refractivity contribution is 5.79. The van der Waals surface area contributed by atoms with Crippen LogP contribution in [0.5, 0.6) is 17.2 Å². The van der Waals surface area contributed by atoms with Crippen LogP contribution >= 0.6 is 0 Å². The lowest BCUT2D eigenvalue weighted by Gasteiger charge is -2.34. The lowest BCUT2D eigenvalue weighted by atomic mass is 9.94. The van der Waals surface area contributed by atoms with E-state index in [-0.39, 0.29) is 18.7 Å². The van der Waals surface area contributed by atoms with Gasteiger partial charge in [0.1, 0.15) is 0 Å². The maximum Gasteiger partial charge on any atom is 0.237 e. The van der Waals surface area contributed by atoms with Gasteiger partial charge < -0.3 is 24.2 Å². The number of β-amino-alcohol motifs (C(OH)–C–C–N with tert-alkyl or cyclic N) is 1. The number of aliphatic hydroxyl groups excluding tert-OH is 1. The summed E-state index contributed by atoms with van der Waals surface area (Å²) in [4.78, 5) is 16.8. The second-order valence-corrected chi connectivity index (χ2v) is 7.69. The number of amides is 1. The molecule has 7 nitrogen and oxygen atoms in total. The SMILES string of the molecule is COc1cc(CN2CC(=O)N(C3CCCCC3)CC(O)C2)cc2c1OCO2. The van der Waals surface area contributed by atoms with Crippen molar-refractivity contribution in [2.45, 2.75) is 50.8 Å². The Morgan fingerprint density at radius 3 is 2.78 bits per heavy atom. The van der Waals surface area contributed by atoms with Gasteiger partial charge in [-0.25, -0.2) is 0 Å². The molecule has 1 saturated heterocycles. The van der Waals surface area contributed by atoms with E-state index in [2.05, 4.69) is 0 Å². The minimum absolute atomic E-state index is 0.117. The molecule has 0 radical (unpaired) electrons. The minimum atomic E-state index is -0.533. The summed E-state index contributed by atoms with van der Waals surface area (Å²) in [5.74, 6) is 2.03. The minimum Gasteiger partial charge on any atom is -0.493 e. The van der Waals surface area contributed by atoms with Gasteiger partial charge in [0.05, 0.1) is 19.8 Å². The maximum absolute atomic E-state index is 12.9. The van der Waals surface area contributed by atoms with E-state index < -0.39 is 6.10 Å². The Morgan fingerprint density at radius 1 is 1.19 bits per heavy atom. The highest BCUT2D eigenvalue weighted by Gasteiger charge is 2.32. The number of nitrogens with zero attached hydrogens (tertiary/aromatic N) is 2. The fourth-order valence-corrected chi connectivity index (χ4v) is 4.43. The summed E-state index contributed by atoms with van der Waals surface area (Å²) in [5, 5.41) is 10.5. The first-order valence-electron chi connectivity index (χ1n) is 9.80. The number of ether oxygens (including phenoxy) is 3. The van der Waals surface area contributed by atoms with E-state index in [9.17, 15) is 9.90 Å². The average molecular weight is 376 g/mol. The van der Waals surface area contributed by atoms with E-state index >= 15 is 0 Å². The predicted octanol–water partition coefficient (Wildman–Crippen LogP) is 1.76. The Hall–Kier alpha value is -1.99. The zero-order chi connectivity index (χ0) is 18.8. The monoisotopic (exact) mass is 376 g/mol. The predicted molar refractivity (Wildman–Crippen MR) is 99.0 cm³/mol. The molecule has 1 aromatic carbocycles. The number of carbonyl (C=O) groups is 1. The topological polar surface area (TPSA) is 71.5 Å². The molecule has 1 aliphatic carbocycles. The van der Waals surface area contributed by atoms with Crippen molar-refractivity contribution in [2.75, 3.05) is 33.5 Å². The highest BCUT2D eigenvalue weighted by Crippen LogP contribution is 2.42. The third kappa shape index (κ3) is 3.99. The molecular weight excluding hydrogens is 348 g/mol. The summed E-state index contributed by atoms with van der Waals surface area (Å²) in [6.45, 7) is 1.97. The van der Waals surface area contributed by atoms with Crippen LogP contribution in [-0.4, -0.2) is 66.5 Å². The summed E-state index contributed by atoms with van der Waals surface area (Å²) >= 11 is 0. The number of benzene rings is 1. The molecule has 1 N–H and O–H groups in total. The number of carbonyl (C=O) groups excluding carboxylic acids is 1. The number of aliphatic hydroxyl groups is 1. The molecule has 0 aromatic heterocycles. The number of methoxy groups -OCH3 is 1. The Morgan fingerprint density at radius 2 is 2.00 bits per heavy atom. The van der Waals surface area contributed by atoms with Crippen LogP contribution in [0.1, 0.15) is 37.7 Å². The Balaban J connectivity index is 1.47. The van der Waals surface area contributed by atoms with Gasteiger partial charge in [-0.05, 0) is 30.5 Å². The van der Waals surface area contributed by atoms with Crippen molar-refractivity contribution in [1.82, 2.24) is 9.80 Å². The number of rotatable bonds is 4. The highest BCUT2D eigenvalue weighted by atomic mass is 16.7. The van der Waals surface area contributed by atoms with Gasteiger partial charge in [0, 0.05) is 25.7 Å². The molecular formula is C20H28N2O5. The van der Waals surface area contributed by atoms with Crippen LogP contribution < -0.4 is 14.2 Å². The first-order valence-corrected chi connectivity index (χ1v) is 9.80. The van der Waals surface area contributed by atoms with E-state index in [0.29, 0.717) is 43.4 Å². The summed E-state index contributed by atoms with van der Waals surface area (Å²) in [5.41, 5.74) is 0.974. The second kappa shape index (κ2) is 7.94. The molecule has 2 aliphatic heterocycles. The zero-order valence-corrected chi connectivity index (χ0v) is 15.9. The van der Waals surface area contributed by atoms with Gasteiger partial charge in [0.15, 0.2) is 11.5 Å². The van der Waals surface area contributed by atoms with E-state index in [0.717, 1.165) is 18.4 Å². The lowest BCUT2D eigenvalue weighted by molar-refractivity contribution is -0.134. The lowest BCUT2D eigenvalue weighted by Crippen LogP contribution is -2.45. The van der Waals surface area contributed by atoms with Gasteiger partial charge in [-0.2, -0.15) is 0 Å². The number of hydrogen-bond acceptors (Lipinski definition) is 6. The third-order valence-corrected chi connectivity index (χ3v) is 5.70. The van der Waals surface area contributed by atoms with Crippen molar-refractivity contribution in [3.05, 3.63) is 17.7 Å². The van der Waals surface area contributed by atoms with E-state index in [1.807, 2.05) is 21.9 Å². The van der Waals surface area contributed by atoms with Gasteiger partial charge in [-0.15, -0.1) is 0 Å². The molecule has 1 amide bonds.